The molecule has 0 aromatic heterocycles. The summed E-state index contributed by atoms with van der Waals surface area (Å²) in [5.41, 5.74) is 1.77. The Labute approximate surface area is 245 Å². The molecule has 4 saturated heterocycles. The number of benzene rings is 2. The molecule has 10 atom stereocenters. The molecular formula is C31H40O11. The topological polar surface area (TPSA) is 124 Å². The summed E-state index contributed by atoms with van der Waals surface area (Å²) < 4.78 is 54.5. The highest BCUT2D eigenvalue weighted by Crippen LogP contribution is 2.39. The maximum absolute atomic E-state index is 11.5. The monoisotopic (exact) mass is 588 g/mol. The van der Waals surface area contributed by atoms with Gasteiger partial charge in [0.15, 0.2) is 30.4 Å². The van der Waals surface area contributed by atoms with Crippen LogP contribution in [0.1, 0.15) is 45.1 Å². The second-order valence-corrected chi connectivity index (χ2v) is 11.9. The molecule has 42 heavy (non-hydrogen) atoms. The molecule has 4 aliphatic heterocycles. The van der Waals surface area contributed by atoms with Crippen LogP contribution < -0.4 is 0 Å². The van der Waals surface area contributed by atoms with Gasteiger partial charge in [0, 0.05) is 5.56 Å². The fraction of sp³-hybridized carbons (Fsp3) is 0.613. The first kappa shape index (κ1) is 30.0. The number of ether oxygens (including phenoxy) is 9. The molecule has 4 aliphatic rings. The van der Waals surface area contributed by atoms with Crippen LogP contribution >= 0.6 is 0 Å². The van der Waals surface area contributed by atoms with Crippen LogP contribution in [-0.4, -0.2) is 90.3 Å². The van der Waals surface area contributed by atoms with Crippen molar-refractivity contribution in [2.75, 3.05) is 13.2 Å². The molecule has 11 nitrogen and oxygen atoms in total. The zero-order valence-corrected chi connectivity index (χ0v) is 24.2. The lowest BCUT2D eigenvalue weighted by molar-refractivity contribution is -0.386. The SMILES string of the molecule is CC1(C)O[C@@H]([C@H]2COC(C)(C)O2)[C@@H](C(O)O[C@@H]2O[C@@H]3COC(c4ccccc4)O[C@H]3[C@H](OCc3ccccc3)[C@@H]2O)O1. The van der Waals surface area contributed by atoms with Gasteiger partial charge in [0.2, 0.25) is 0 Å². The molecule has 0 saturated carbocycles. The first-order valence-corrected chi connectivity index (χ1v) is 14.4. The highest BCUT2D eigenvalue weighted by atomic mass is 16.8. The molecule has 2 aromatic carbocycles. The van der Waals surface area contributed by atoms with Crippen LogP contribution in [0.15, 0.2) is 60.7 Å². The Hall–Kier alpha value is -2.00. The molecular weight excluding hydrogens is 548 g/mol. The molecule has 4 fully saturated rings. The Kier molecular flexibility index (Phi) is 8.71. The Morgan fingerprint density at radius 1 is 0.833 bits per heavy atom. The van der Waals surface area contributed by atoms with Crippen molar-refractivity contribution in [3.63, 3.8) is 0 Å². The van der Waals surface area contributed by atoms with Crippen LogP contribution in [0.5, 0.6) is 0 Å². The Bertz CT molecular complexity index is 1160. The zero-order chi connectivity index (χ0) is 29.5. The van der Waals surface area contributed by atoms with Gasteiger partial charge in [-0.3, -0.25) is 0 Å². The van der Waals surface area contributed by atoms with E-state index in [1.807, 2.05) is 74.5 Å². The zero-order valence-electron chi connectivity index (χ0n) is 24.2. The van der Waals surface area contributed by atoms with Crippen molar-refractivity contribution < 1.29 is 52.8 Å². The second-order valence-electron chi connectivity index (χ2n) is 11.9. The van der Waals surface area contributed by atoms with E-state index in [9.17, 15) is 10.2 Å². The van der Waals surface area contributed by atoms with Gasteiger partial charge in [0.05, 0.1) is 19.8 Å². The summed E-state index contributed by atoms with van der Waals surface area (Å²) in [5, 5.41) is 22.8. The summed E-state index contributed by atoms with van der Waals surface area (Å²) in [6, 6.07) is 19.2. The van der Waals surface area contributed by atoms with Crippen molar-refractivity contribution >= 4 is 0 Å². The fourth-order valence-electron chi connectivity index (χ4n) is 5.83. The Balaban J connectivity index is 1.18. The van der Waals surface area contributed by atoms with E-state index in [2.05, 4.69) is 0 Å². The first-order chi connectivity index (χ1) is 20.1. The minimum Gasteiger partial charge on any atom is -0.385 e. The number of fused-ring (bicyclic) bond motifs is 1. The van der Waals surface area contributed by atoms with Crippen molar-refractivity contribution in [1.82, 2.24) is 0 Å². The van der Waals surface area contributed by atoms with E-state index in [4.69, 9.17) is 42.6 Å². The van der Waals surface area contributed by atoms with E-state index in [0.29, 0.717) is 0 Å². The van der Waals surface area contributed by atoms with E-state index in [-0.39, 0.29) is 19.8 Å². The minimum atomic E-state index is -1.53. The molecule has 230 valence electrons. The summed E-state index contributed by atoms with van der Waals surface area (Å²) >= 11 is 0. The van der Waals surface area contributed by atoms with Crippen LogP contribution in [0.25, 0.3) is 0 Å². The molecule has 0 aliphatic carbocycles. The third kappa shape index (κ3) is 6.57. The van der Waals surface area contributed by atoms with Gasteiger partial charge in [-0.25, -0.2) is 0 Å². The van der Waals surface area contributed by atoms with Crippen LogP contribution in [0, 0.1) is 0 Å². The third-order valence-corrected chi connectivity index (χ3v) is 7.78. The molecule has 11 heteroatoms. The summed E-state index contributed by atoms with van der Waals surface area (Å²) in [6.45, 7) is 7.77. The minimum absolute atomic E-state index is 0.166. The van der Waals surface area contributed by atoms with Crippen molar-refractivity contribution in [3.8, 4) is 0 Å². The lowest BCUT2D eigenvalue weighted by Gasteiger charge is -2.48. The molecule has 2 N–H and O–H groups in total. The molecule has 4 heterocycles. The van der Waals surface area contributed by atoms with Gasteiger partial charge >= 0.3 is 0 Å². The average molecular weight is 589 g/mol. The van der Waals surface area contributed by atoms with E-state index in [1.54, 1.807) is 13.8 Å². The highest BCUT2D eigenvalue weighted by Gasteiger charge is 2.55. The average Bonchev–Trinajstić information content (AvgIpc) is 3.51. The Morgan fingerprint density at radius 3 is 2.24 bits per heavy atom. The number of hydrogen-bond acceptors (Lipinski definition) is 11. The second kappa shape index (κ2) is 12.2. The normalized spacial score (nSPS) is 38.2. The summed E-state index contributed by atoms with van der Waals surface area (Å²) in [4.78, 5) is 0. The lowest BCUT2D eigenvalue weighted by atomic mass is 9.97. The maximum atomic E-state index is 11.5. The van der Waals surface area contributed by atoms with Gasteiger partial charge in [-0.15, -0.1) is 0 Å². The molecule has 6 rings (SSSR count). The molecule has 0 amide bonds. The largest absolute Gasteiger partial charge is 0.385 e. The van der Waals surface area contributed by atoms with Gasteiger partial charge in [-0.1, -0.05) is 60.7 Å². The van der Waals surface area contributed by atoms with Crippen LogP contribution in [0.2, 0.25) is 0 Å². The number of rotatable bonds is 8. The highest BCUT2D eigenvalue weighted by molar-refractivity contribution is 5.17. The van der Waals surface area contributed by atoms with E-state index in [1.165, 1.54) is 0 Å². The number of aliphatic hydroxyl groups is 2. The van der Waals surface area contributed by atoms with E-state index < -0.39 is 73.2 Å². The molecule has 0 bridgehead atoms. The van der Waals surface area contributed by atoms with E-state index >= 15 is 0 Å². The standard InChI is InChI=1S/C31H40O11/c1-30(2)36-17-21(40-30)24-26(42-31(3,4)41-24)27(33)39-29-22(32)25(34-15-18-11-7-5-8-12-18)23-20(37-29)16-35-28(38-23)19-13-9-6-10-14-19/h5-14,20-29,32-33H,15-17H2,1-4H3/t20-,21-,22+,23-,24+,25-,26+,27?,28?,29+/m1/s1. The van der Waals surface area contributed by atoms with Crippen LogP contribution in [0.4, 0.5) is 0 Å². The summed E-state index contributed by atoms with van der Waals surface area (Å²) in [7, 11) is 0. The summed E-state index contributed by atoms with van der Waals surface area (Å²) in [6.07, 6.45) is -9.04. The molecule has 0 spiro atoms. The van der Waals surface area contributed by atoms with Crippen molar-refractivity contribution in [3.05, 3.63) is 71.8 Å². The fourth-order valence-corrected chi connectivity index (χ4v) is 5.83. The van der Waals surface area contributed by atoms with Crippen molar-refractivity contribution in [1.29, 1.82) is 0 Å². The van der Waals surface area contributed by atoms with Crippen LogP contribution in [0.3, 0.4) is 0 Å². The lowest BCUT2D eigenvalue weighted by Crippen LogP contribution is -2.63. The predicted octanol–water partition coefficient (Wildman–Crippen LogP) is 2.78. The van der Waals surface area contributed by atoms with Gasteiger partial charge in [0.25, 0.3) is 0 Å². The molecule has 2 aromatic rings. The quantitative estimate of drug-likeness (QED) is 0.443. The van der Waals surface area contributed by atoms with Gasteiger partial charge in [-0.05, 0) is 33.3 Å². The van der Waals surface area contributed by atoms with Crippen molar-refractivity contribution in [2.24, 2.45) is 0 Å². The van der Waals surface area contributed by atoms with Crippen molar-refractivity contribution in [2.45, 2.75) is 107 Å². The third-order valence-electron chi connectivity index (χ3n) is 7.78. The number of aliphatic hydroxyl groups excluding tert-OH is 2. The first-order valence-electron chi connectivity index (χ1n) is 14.4. The van der Waals surface area contributed by atoms with Gasteiger partial charge in [-0.2, -0.15) is 0 Å². The van der Waals surface area contributed by atoms with Gasteiger partial charge < -0.3 is 52.8 Å². The van der Waals surface area contributed by atoms with E-state index in [0.717, 1.165) is 11.1 Å². The Morgan fingerprint density at radius 2 is 1.55 bits per heavy atom. The smallest absolute Gasteiger partial charge is 0.189 e. The van der Waals surface area contributed by atoms with Gasteiger partial charge in [0.1, 0.15) is 42.7 Å². The molecule has 2 unspecified atom stereocenters. The van der Waals surface area contributed by atoms with Crippen LogP contribution in [-0.2, 0) is 49.2 Å². The number of hydrogen-bond donors (Lipinski definition) is 2. The molecule has 0 radical (unpaired) electrons. The summed E-state index contributed by atoms with van der Waals surface area (Å²) in [5.74, 6) is -1.80. The maximum Gasteiger partial charge on any atom is 0.189 e. The predicted molar refractivity (Wildman–Crippen MR) is 146 cm³/mol.